The highest BCUT2D eigenvalue weighted by molar-refractivity contribution is 7.89. The minimum atomic E-state index is -3.95. The molecule has 1 N–H and O–H groups in total. The van der Waals surface area contributed by atoms with E-state index in [0.29, 0.717) is 31.6 Å². The quantitative estimate of drug-likeness (QED) is 0.468. The average molecular weight is 564 g/mol. The van der Waals surface area contributed by atoms with Gasteiger partial charge in [0.25, 0.3) is 11.8 Å². The van der Waals surface area contributed by atoms with E-state index < -0.39 is 28.5 Å². The van der Waals surface area contributed by atoms with Gasteiger partial charge >= 0.3 is 5.97 Å². The van der Waals surface area contributed by atoms with Gasteiger partial charge in [-0.25, -0.2) is 13.2 Å². The number of piperazine rings is 1. The molecule has 2 aliphatic heterocycles. The van der Waals surface area contributed by atoms with Crippen molar-refractivity contribution in [2.75, 3.05) is 39.3 Å². The average Bonchev–Trinajstić information content (AvgIpc) is 2.99. The first-order valence-corrected chi connectivity index (χ1v) is 14.4. The van der Waals surface area contributed by atoms with Crippen molar-refractivity contribution in [2.45, 2.75) is 17.9 Å². The Kier molecular flexibility index (Phi) is 7.85. The van der Waals surface area contributed by atoms with Gasteiger partial charge in [-0.15, -0.1) is 0 Å². The summed E-state index contributed by atoms with van der Waals surface area (Å²) in [5.41, 5.74) is 2.55. The number of hydrogen-bond donors (Lipinski definition) is 1. The van der Waals surface area contributed by atoms with Gasteiger partial charge in [-0.2, -0.15) is 4.31 Å². The maximum atomic E-state index is 13.6. The Balaban J connectivity index is 1.37. The molecule has 208 valence electrons. The Labute approximate surface area is 232 Å². The predicted molar refractivity (Wildman–Crippen MR) is 146 cm³/mol. The highest BCUT2D eigenvalue weighted by Gasteiger charge is 2.32. The third-order valence-corrected chi connectivity index (χ3v) is 8.98. The van der Waals surface area contributed by atoms with Crippen molar-refractivity contribution < 1.29 is 32.6 Å². The molecule has 0 atom stereocenters. The first-order chi connectivity index (χ1) is 19.2. The number of fused-ring (bicyclic) bond motifs is 1. The predicted octanol–water partition coefficient (Wildman–Crippen LogP) is 2.50. The van der Waals surface area contributed by atoms with Gasteiger partial charge in [0.05, 0.1) is 10.5 Å². The zero-order valence-corrected chi connectivity index (χ0v) is 22.5. The number of benzene rings is 3. The van der Waals surface area contributed by atoms with Gasteiger partial charge in [0.2, 0.25) is 10.0 Å². The van der Waals surface area contributed by atoms with Crippen LogP contribution in [0.3, 0.4) is 0 Å². The lowest BCUT2D eigenvalue weighted by Crippen LogP contribution is -2.50. The van der Waals surface area contributed by atoms with Crippen LogP contribution in [0.2, 0.25) is 0 Å². The van der Waals surface area contributed by atoms with E-state index in [1.54, 1.807) is 29.2 Å². The molecule has 2 aliphatic rings. The highest BCUT2D eigenvalue weighted by atomic mass is 32.2. The van der Waals surface area contributed by atoms with Crippen LogP contribution in [-0.4, -0.2) is 84.7 Å². The molecular formula is C29H29N3O7S. The summed E-state index contributed by atoms with van der Waals surface area (Å²) in [4.78, 5) is 40.7. The lowest BCUT2D eigenvalue weighted by atomic mass is 10.0. The first kappa shape index (κ1) is 27.4. The van der Waals surface area contributed by atoms with Crippen molar-refractivity contribution >= 4 is 27.8 Å². The Morgan fingerprint density at radius 1 is 0.775 bits per heavy atom. The Hall–Kier alpha value is -4.22. The first-order valence-electron chi connectivity index (χ1n) is 12.9. The van der Waals surface area contributed by atoms with Crippen LogP contribution in [0.4, 0.5) is 0 Å². The van der Waals surface area contributed by atoms with Crippen LogP contribution < -0.4 is 4.74 Å². The van der Waals surface area contributed by atoms with Gasteiger partial charge < -0.3 is 19.6 Å². The summed E-state index contributed by atoms with van der Waals surface area (Å²) in [6.07, 6.45) is 0.576. The summed E-state index contributed by atoms with van der Waals surface area (Å²) in [6, 6.07) is 20.5. The smallest absolute Gasteiger partial charge is 0.341 e. The zero-order valence-electron chi connectivity index (χ0n) is 21.7. The summed E-state index contributed by atoms with van der Waals surface area (Å²) >= 11 is 0. The van der Waals surface area contributed by atoms with E-state index in [9.17, 15) is 22.8 Å². The second kappa shape index (κ2) is 11.5. The minimum absolute atomic E-state index is 0.0156. The van der Waals surface area contributed by atoms with Crippen LogP contribution in [-0.2, 0) is 27.8 Å². The molecule has 3 aromatic rings. The van der Waals surface area contributed by atoms with Crippen molar-refractivity contribution in [3.63, 3.8) is 0 Å². The van der Waals surface area contributed by atoms with E-state index in [0.717, 1.165) is 11.1 Å². The van der Waals surface area contributed by atoms with Crippen LogP contribution in [0, 0.1) is 0 Å². The topological polar surface area (TPSA) is 125 Å². The molecule has 0 bridgehead atoms. The van der Waals surface area contributed by atoms with Crippen molar-refractivity contribution in [1.82, 2.24) is 14.1 Å². The lowest BCUT2D eigenvalue weighted by Gasteiger charge is -2.35. The fourth-order valence-corrected chi connectivity index (χ4v) is 6.42. The molecule has 2 amide bonds. The number of carbonyl (C=O) groups excluding carboxylic acids is 2. The van der Waals surface area contributed by atoms with E-state index in [-0.39, 0.29) is 41.7 Å². The third kappa shape index (κ3) is 5.70. The molecule has 0 aliphatic carbocycles. The molecule has 40 heavy (non-hydrogen) atoms. The standard InChI is InChI=1S/C29H29N3O7S/c33-27(34)20-39-26-11-10-24(40(37,38)32-13-12-21-6-4-5-9-23(21)19-32)18-25(26)29(36)31-16-14-30(15-17-31)28(35)22-7-2-1-3-8-22/h1-11,18H,12-17,19-20H2,(H,33,34). The molecule has 0 aromatic heterocycles. The molecule has 0 radical (unpaired) electrons. The van der Waals surface area contributed by atoms with Crippen molar-refractivity contribution in [2.24, 2.45) is 0 Å². The molecule has 5 rings (SSSR count). The molecule has 1 fully saturated rings. The van der Waals surface area contributed by atoms with E-state index in [4.69, 9.17) is 9.84 Å². The second-order valence-electron chi connectivity index (χ2n) is 9.65. The Bertz CT molecular complexity index is 1530. The van der Waals surface area contributed by atoms with Crippen molar-refractivity contribution in [3.8, 4) is 5.75 Å². The highest BCUT2D eigenvalue weighted by Crippen LogP contribution is 2.29. The molecule has 11 heteroatoms. The number of hydrogen-bond acceptors (Lipinski definition) is 6. The SMILES string of the molecule is O=C(O)COc1ccc(S(=O)(=O)N2CCc3ccccc3C2)cc1C(=O)N1CCN(C(=O)c2ccccc2)CC1. The summed E-state index contributed by atoms with van der Waals surface area (Å²) in [5, 5.41) is 9.10. The monoisotopic (exact) mass is 563 g/mol. The van der Waals surface area contributed by atoms with Crippen molar-refractivity contribution in [3.05, 3.63) is 95.1 Å². The number of nitrogens with zero attached hydrogens (tertiary/aromatic N) is 3. The normalized spacial score (nSPS) is 15.8. The molecule has 0 spiro atoms. The number of sulfonamides is 1. The summed E-state index contributed by atoms with van der Waals surface area (Å²) in [7, 11) is -3.95. The third-order valence-electron chi connectivity index (χ3n) is 7.14. The van der Waals surface area contributed by atoms with E-state index >= 15 is 0 Å². The van der Waals surface area contributed by atoms with Gasteiger partial charge in [-0.05, 0) is 47.9 Å². The number of carboxylic acid groups (broad SMARTS) is 1. The van der Waals surface area contributed by atoms with E-state index in [1.165, 1.54) is 27.4 Å². The van der Waals surface area contributed by atoms with Crippen LogP contribution in [0.5, 0.6) is 5.75 Å². The zero-order chi connectivity index (χ0) is 28.3. The van der Waals surface area contributed by atoms with Gasteiger partial charge in [-0.3, -0.25) is 9.59 Å². The van der Waals surface area contributed by atoms with Gasteiger partial charge in [0.15, 0.2) is 6.61 Å². The molecule has 0 saturated carbocycles. The van der Waals surface area contributed by atoms with E-state index in [2.05, 4.69) is 0 Å². The number of amides is 2. The Morgan fingerprint density at radius 2 is 1.40 bits per heavy atom. The van der Waals surface area contributed by atoms with Crippen LogP contribution in [0.25, 0.3) is 0 Å². The van der Waals surface area contributed by atoms with Crippen LogP contribution >= 0.6 is 0 Å². The molecular weight excluding hydrogens is 534 g/mol. The number of rotatable bonds is 7. The maximum Gasteiger partial charge on any atom is 0.341 e. The number of carbonyl (C=O) groups is 3. The Morgan fingerprint density at radius 3 is 2.08 bits per heavy atom. The minimum Gasteiger partial charge on any atom is -0.481 e. The summed E-state index contributed by atoms with van der Waals surface area (Å²) in [6.45, 7) is 0.902. The molecule has 1 saturated heterocycles. The van der Waals surface area contributed by atoms with E-state index in [1.807, 2.05) is 30.3 Å². The number of carboxylic acids is 1. The molecule has 10 nitrogen and oxygen atoms in total. The second-order valence-corrected chi connectivity index (χ2v) is 11.6. The number of aliphatic carboxylic acids is 1. The maximum absolute atomic E-state index is 13.6. The molecule has 3 aromatic carbocycles. The van der Waals surface area contributed by atoms with Gasteiger partial charge in [-0.1, -0.05) is 42.5 Å². The van der Waals surface area contributed by atoms with Crippen LogP contribution in [0.1, 0.15) is 31.8 Å². The summed E-state index contributed by atoms with van der Waals surface area (Å²) < 4.78 is 33.9. The van der Waals surface area contributed by atoms with Crippen molar-refractivity contribution in [1.29, 1.82) is 0 Å². The van der Waals surface area contributed by atoms with Crippen LogP contribution in [0.15, 0.2) is 77.7 Å². The lowest BCUT2D eigenvalue weighted by molar-refractivity contribution is -0.139. The van der Waals surface area contributed by atoms with Gasteiger partial charge in [0.1, 0.15) is 5.75 Å². The van der Waals surface area contributed by atoms with Gasteiger partial charge in [0, 0.05) is 44.8 Å². The molecule has 0 unspecified atom stereocenters. The fraction of sp³-hybridized carbons (Fsp3) is 0.276. The summed E-state index contributed by atoms with van der Waals surface area (Å²) in [5.74, 6) is -1.86. The number of ether oxygens (including phenoxy) is 1. The fourth-order valence-electron chi connectivity index (χ4n) is 4.97. The largest absolute Gasteiger partial charge is 0.481 e. The molecule has 2 heterocycles.